The Labute approximate surface area is 333 Å². The van der Waals surface area contributed by atoms with Crippen molar-refractivity contribution in [3.8, 4) is 0 Å². The molecule has 0 spiro atoms. The van der Waals surface area contributed by atoms with E-state index < -0.39 is 71.9 Å². The number of esters is 2. The van der Waals surface area contributed by atoms with Crippen molar-refractivity contribution in [3.63, 3.8) is 0 Å². The van der Waals surface area contributed by atoms with E-state index in [1.165, 1.54) is 29.7 Å². The molecule has 4 aliphatic heterocycles. The van der Waals surface area contributed by atoms with Crippen molar-refractivity contribution in [1.82, 2.24) is 9.80 Å². The summed E-state index contributed by atoms with van der Waals surface area (Å²) < 4.78 is 10.1. The van der Waals surface area contributed by atoms with Gasteiger partial charge in [-0.2, -0.15) is 0 Å². The molecule has 0 bridgehead atoms. The van der Waals surface area contributed by atoms with Crippen LogP contribution in [0.3, 0.4) is 0 Å². The van der Waals surface area contributed by atoms with Crippen LogP contribution in [0.2, 0.25) is 0 Å². The zero-order valence-electron chi connectivity index (χ0n) is 29.7. The van der Waals surface area contributed by atoms with E-state index in [9.17, 15) is 48.9 Å². The van der Waals surface area contributed by atoms with Gasteiger partial charge in [0.15, 0.2) is 0 Å². The first-order valence-electron chi connectivity index (χ1n) is 16.1. The van der Waals surface area contributed by atoms with E-state index in [0.717, 1.165) is 22.7 Å². The SMILES string of the molecule is C[C@@H](O)[C@H]1C(=O)N2C(C(=O)OCOC(=O)C(C)(C)C)=C(c3csc(C(N)=O)c3)C[C@H]12.C[C@@H](O)[C@H]1C(=O)N2C(C(=O)[O-])=C(c3csc(C(N)=O)c3)C[C@H]12.[Na+]. The van der Waals surface area contributed by atoms with E-state index in [4.69, 9.17) is 20.9 Å². The van der Waals surface area contributed by atoms with Crippen LogP contribution in [0.1, 0.15) is 77.9 Å². The number of β-lactam (4-membered cyclic amide) rings is 2. The zero-order valence-corrected chi connectivity index (χ0v) is 33.4. The minimum atomic E-state index is -1.44. The molecule has 6 rings (SSSR count). The summed E-state index contributed by atoms with van der Waals surface area (Å²) in [5.41, 5.74) is 11.7. The molecule has 0 saturated carbocycles. The first kappa shape index (κ1) is 41.8. The van der Waals surface area contributed by atoms with E-state index in [-0.39, 0.29) is 58.9 Å². The van der Waals surface area contributed by atoms with Gasteiger partial charge in [0.05, 0.1) is 63.0 Å². The van der Waals surface area contributed by atoms with Crippen molar-refractivity contribution < 1.29 is 87.9 Å². The molecule has 19 heteroatoms. The second-order valence-electron chi connectivity index (χ2n) is 13.8. The average molecular weight is 781 g/mol. The standard InChI is InChI=1S/C20H24N2O7S.C14H14N2O5S.Na/c1-9(23)14-12-6-11(10-5-13(16(21)24)30-7-10)15(22(12)17(14)25)18(26)28-8-29-19(27)20(2,3)4;1-5(17)10-8-3-7(6-2-9(12(15)18)22-4-6)11(14(20)21)16(8)13(10)19;/h5,7,9,12,14,23H,6,8H2,1-4H3,(H2,21,24);2,4-5,8,10,17H,3H2,1H3,(H2,15,18)(H,20,21);/q;;+1/p-1/t9-,12-,14-;5-,8-,10-;/m11./s1. The molecule has 16 nitrogen and oxygen atoms in total. The Morgan fingerprint density at radius 2 is 1.25 bits per heavy atom. The van der Waals surface area contributed by atoms with E-state index >= 15 is 0 Å². The number of carboxylic acid groups (broad SMARTS) is 1. The summed E-state index contributed by atoms with van der Waals surface area (Å²) in [6.07, 6.45) is -1.09. The van der Waals surface area contributed by atoms with Crippen LogP contribution in [0.15, 0.2) is 34.3 Å². The maximum atomic E-state index is 12.8. The molecule has 6 heterocycles. The minimum absolute atomic E-state index is 0. The molecular weight excluding hydrogens is 744 g/mol. The Kier molecular flexibility index (Phi) is 12.5. The first-order chi connectivity index (χ1) is 24.3. The summed E-state index contributed by atoms with van der Waals surface area (Å²) in [6.45, 7) is 7.45. The maximum absolute atomic E-state index is 12.8. The number of aliphatic hydroxyl groups is 2. The summed E-state index contributed by atoms with van der Waals surface area (Å²) in [7, 11) is 0. The molecule has 0 radical (unpaired) electrons. The Morgan fingerprint density at radius 3 is 1.60 bits per heavy atom. The van der Waals surface area contributed by atoms with Gasteiger partial charge in [-0.3, -0.25) is 24.0 Å². The molecule has 0 aliphatic carbocycles. The fourth-order valence-electron chi connectivity index (χ4n) is 6.70. The van der Waals surface area contributed by atoms with Crippen LogP contribution >= 0.6 is 22.7 Å². The van der Waals surface area contributed by atoms with Gasteiger partial charge in [0.25, 0.3) is 11.8 Å². The Bertz CT molecular complexity index is 1940. The number of carbonyl (C=O) groups is 7. The second-order valence-corrected chi connectivity index (χ2v) is 15.6. The number of primary amides is 2. The van der Waals surface area contributed by atoms with Gasteiger partial charge >= 0.3 is 41.5 Å². The number of nitrogens with two attached hydrogens (primary N) is 2. The van der Waals surface area contributed by atoms with Crippen LogP contribution < -0.4 is 46.1 Å². The Balaban J connectivity index is 0.000000243. The van der Waals surface area contributed by atoms with Crippen molar-refractivity contribution in [2.45, 2.75) is 71.8 Å². The number of carbonyl (C=O) groups excluding carboxylic acids is 7. The van der Waals surface area contributed by atoms with Gasteiger partial charge in [0.2, 0.25) is 18.6 Å². The quantitative estimate of drug-likeness (QED) is 0.0825. The fourth-order valence-corrected chi connectivity index (χ4v) is 8.25. The molecule has 4 aliphatic rings. The van der Waals surface area contributed by atoms with E-state index in [1.54, 1.807) is 37.6 Å². The number of aliphatic hydroxyl groups excluding tert-OH is 2. The molecule has 0 unspecified atom stereocenters. The molecule has 278 valence electrons. The molecule has 2 saturated heterocycles. The van der Waals surface area contributed by atoms with Gasteiger partial charge in [-0.1, -0.05) is 0 Å². The van der Waals surface area contributed by atoms with Gasteiger partial charge in [0, 0.05) is 0 Å². The predicted octanol–water partition coefficient (Wildman–Crippen LogP) is -2.82. The van der Waals surface area contributed by atoms with Gasteiger partial charge in [0.1, 0.15) is 5.70 Å². The zero-order chi connectivity index (χ0) is 38.6. The van der Waals surface area contributed by atoms with Crippen molar-refractivity contribution in [2.24, 2.45) is 28.7 Å². The topological polar surface area (TPSA) is 260 Å². The number of ether oxygens (including phenoxy) is 2. The third-order valence-corrected chi connectivity index (χ3v) is 11.1. The number of aliphatic carboxylic acids is 1. The van der Waals surface area contributed by atoms with Gasteiger partial charge in [-0.15, -0.1) is 22.7 Å². The molecule has 53 heavy (non-hydrogen) atoms. The molecule has 6 atom stereocenters. The molecule has 0 aromatic carbocycles. The van der Waals surface area contributed by atoms with Crippen molar-refractivity contribution >= 4 is 75.4 Å². The van der Waals surface area contributed by atoms with Crippen LogP contribution in [0.5, 0.6) is 0 Å². The van der Waals surface area contributed by atoms with Crippen molar-refractivity contribution in [3.05, 3.63) is 55.2 Å². The van der Waals surface area contributed by atoms with Gasteiger partial charge in [-0.25, -0.2) is 4.79 Å². The van der Waals surface area contributed by atoms with Crippen LogP contribution in [0.4, 0.5) is 0 Å². The summed E-state index contributed by atoms with van der Waals surface area (Å²) >= 11 is 2.24. The van der Waals surface area contributed by atoms with Gasteiger partial charge < -0.3 is 50.9 Å². The smallest absolute Gasteiger partial charge is 0.543 e. The molecule has 2 fully saturated rings. The fraction of sp³-hybridized carbons (Fsp3) is 0.441. The maximum Gasteiger partial charge on any atom is 1.00 e. The van der Waals surface area contributed by atoms with E-state index in [1.807, 2.05) is 0 Å². The minimum Gasteiger partial charge on any atom is -0.543 e. The number of rotatable bonds is 10. The number of hydrogen-bond acceptors (Lipinski definition) is 14. The molecule has 2 aromatic rings. The van der Waals surface area contributed by atoms with E-state index in [0.29, 0.717) is 44.9 Å². The Morgan fingerprint density at radius 1 is 0.830 bits per heavy atom. The molecule has 6 N–H and O–H groups in total. The summed E-state index contributed by atoms with van der Waals surface area (Å²) in [5, 5.41) is 34.3. The first-order valence-corrected chi connectivity index (χ1v) is 17.8. The summed E-state index contributed by atoms with van der Waals surface area (Å²) in [6, 6.07) is 2.30. The number of fused-ring (bicyclic) bond motifs is 2. The second kappa shape index (κ2) is 15.8. The number of carboxylic acids is 1. The monoisotopic (exact) mass is 780 g/mol. The largest absolute Gasteiger partial charge is 1.00 e. The number of thiophene rings is 2. The molecular formula is C34H37N4NaO12S2. The molecule has 2 aromatic heterocycles. The number of hydrogen-bond donors (Lipinski definition) is 4. The van der Waals surface area contributed by atoms with Crippen molar-refractivity contribution in [2.75, 3.05) is 6.79 Å². The normalized spacial score (nSPS) is 22.7. The third kappa shape index (κ3) is 7.85. The average Bonchev–Trinajstić information content (AvgIpc) is 3.83. The number of nitrogens with zero attached hydrogens (tertiary/aromatic N) is 2. The summed E-state index contributed by atoms with van der Waals surface area (Å²) in [5.74, 6) is -6.02. The van der Waals surface area contributed by atoms with Crippen LogP contribution in [0.25, 0.3) is 11.1 Å². The third-order valence-electron chi connectivity index (χ3n) is 9.22. The van der Waals surface area contributed by atoms with Gasteiger partial charge in [-0.05, 0) is 92.6 Å². The number of amides is 4. The van der Waals surface area contributed by atoms with Crippen LogP contribution in [0, 0.1) is 17.3 Å². The van der Waals surface area contributed by atoms with Crippen LogP contribution in [-0.4, -0.2) is 92.6 Å². The van der Waals surface area contributed by atoms with E-state index in [2.05, 4.69) is 0 Å². The Hall–Kier alpha value is -3.91. The molecule has 4 amide bonds. The summed E-state index contributed by atoms with van der Waals surface area (Å²) in [4.78, 5) is 86.4. The van der Waals surface area contributed by atoms with Crippen LogP contribution in [-0.2, 0) is 33.4 Å². The predicted molar refractivity (Wildman–Crippen MR) is 182 cm³/mol. The van der Waals surface area contributed by atoms with Crippen molar-refractivity contribution in [1.29, 1.82) is 0 Å².